The van der Waals surface area contributed by atoms with Gasteiger partial charge in [-0.1, -0.05) is 46.3 Å². The van der Waals surface area contributed by atoms with Crippen molar-refractivity contribution in [1.29, 1.82) is 0 Å². The van der Waals surface area contributed by atoms with Crippen LogP contribution < -0.4 is 4.74 Å². The van der Waals surface area contributed by atoms with Gasteiger partial charge in [0.05, 0.1) is 12.4 Å². The van der Waals surface area contributed by atoms with E-state index < -0.39 is 16.2 Å². The van der Waals surface area contributed by atoms with Gasteiger partial charge in [-0.15, -0.1) is 0 Å². The summed E-state index contributed by atoms with van der Waals surface area (Å²) in [5, 5.41) is 9.73. The quantitative estimate of drug-likeness (QED) is 0.763. The molecule has 0 fully saturated rings. The lowest BCUT2D eigenvalue weighted by Gasteiger charge is -2.14. The molecule has 2 aromatic rings. The summed E-state index contributed by atoms with van der Waals surface area (Å²) in [5.74, 6) is 0.719. The number of halogens is 1. The van der Waals surface area contributed by atoms with Gasteiger partial charge in [0.15, 0.2) is 0 Å². The van der Waals surface area contributed by atoms with Crippen LogP contribution in [0, 0.1) is 0 Å². The zero-order valence-corrected chi connectivity index (χ0v) is 15.2. The highest BCUT2D eigenvalue weighted by Gasteiger charge is 2.09. The Labute approximate surface area is 144 Å². The van der Waals surface area contributed by atoms with Crippen LogP contribution in [-0.4, -0.2) is 24.3 Å². The van der Waals surface area contributed by atoms with Crippen LogP contribution in [0.15, 0.2) is 53.0 Å². The number of benzene rings is 2. The van der Waals surface area contributed by atoms with Crippen molar-refractivity contribution in [2.24, 2.45) is 0 Å². The van der Waals surface area contributed by atoms with Gasteiger partial charge < -0.3 is 9.84 Å². The smallest absolute Gasteiger partial charge is 0.261 e. The molecular formula is C16H19BrO5S. The molecule has 1 atom stereocenters. The second kappa shape index (κ2) is 9.02. The highest BCUT2D eigenvalue weighted by Crippen LogP contribution is 2.29. The predicted octanol–water partition coefficient (Wildman–Crippen LogP) is 3.59. The van der Waals surface area contributed by atoms with E-state index in [9.17, 15) is 13.5 Å². The summed E-state index contributed by atoms with van der Waals surface area (Å²) in [5.41, 5.74) is 1.90. The lowest BCUT2D eigenvalue weighted by molar-refractivity contribution is 0.190. The first kappa shape index (κ1) is 19.6. The van der Waals surface area contributed by atoms with Gasteiger partial charge in [0.25, 0.3) is 10.1 Å². The Hall–Kier alpha value is -1.41. The molecule has 0 saturated heterocycles. The maximum atomic E-state index is 9.73. The second-order valence-corrected chi connectivity index (χ2v) is 7.25. The molecule has 0 spiro atoms. The zero-order chi connectivity index (χ0) is 17.5. The fourth-order valence-corrected chi connectivity index (χ4v) is 2.09. The molecule has 0 amide bonds. The lowest BCUT2D eigenvalue weighted by atomic mass is 10.1. The molecule has 0 aromatic heterocycles. The Bertz CT molecular complexity index is 707. The molecule has 126 valence electrons. The average molecular weight is 403 g/mol. The van der Waals surface area contributed by atoms with E-state index >= 15 is 0 Å². The molecule has 5 nitrogen and oxygen atoms in total. The van der Waals surface area contributed by atoms with E-state index in [0.717, 1.165) is 21.3 Å². The van der Waals surface area contributed by atoms with Crippen LogP contribution in [0.5, 0.6) is 5.75 Å². The summed E-state index contributed by atoms with van der Waals surface area (Å²) in [7, 11) is -3.67. The summed E-state index contributed by atoms with van der Waals surface area (Å²) in [6.07, 6.45) is 0.167. The molecular weight excluding hydrogens is 384 g/mol. The average Bonchev–Trinajstić information content (AvgIpc) is 2.45. The van der Waals surface area contributed by atoms with E-state index in [-0.39, 0.29) is 0 Å². The second-order valence-electron chi connectivity index (χ2n) is 4.87. The zero-order valence-electron chi connectivity index (χ0n) is 12.8. The minimum absolute atomic E-state index is 0.502. The van der Waals surface area contributed by atoms with Crippen molar-refractivity contribution in [3.8, 4) is 5.75 Å². The van der Waals surface area contributed by atoms with E-state index in [4.69, 9.17) is 9.29 Å². The Morgan fingerprint density at radius 2 is 1.74 bits per heavy atom. The number of hydrogen-bond acceptors (Lipinski definition) is 4. The molecule has 0 aliphatic rings. The van der Waals surface area contributed by atoms with Crippen LogP contribution >= 0.6 is 15.9 Å². The van der Waals surface area contributed by atoms with Gasteiger partial charge >= 0.3 is 0 Å². The highest BCUT2D eigenvalue weighted by atomic mass is 79.9. The standard InChI is InChI=1S/C15H15BrO2.CH4O3S/c1-11(17)14-9-13(16)7-8-15(14)18-10-12-5-3-2-4-6-12;1-5(2,3)4/h2-9,11,17H,10H2,1H3;1H3,(H,2,3,4). The first-order chi connectivity index (χ1) is 10.7. The topological polar surface area (TPSA) is 83.8 Å². The van der Waals surface area contributed by atoms with Crippen LogP contribution in [-0.2, 0) is 16.7 Å². The van der Waals surface area contributed by atoms with E-state index in [1.54, 1.807) is 6.92 Å². The molecule has 0 heterocycles. The van der Waals surface area contributed by atoms with Gasteiger partial charge in [-0.25, -0.2) is 0 Å². The summed E-state index contributed by atoms with van der Waals surface area (Å²) < 4.78 is 32.6. The van der Waals surface area contributed by atoms with Crippen LogP contribution in [0.1, 0.15) is 24.2 Å². The Morgan fingerprint density at radius 3 is 2.26 bits per heavy atom. The largest absolute Gasteiger partial charge is 0.489 e. The molecule has 23 heavy (non-hydrogen) atoms. The highest BCUT2D eigenvalue weighted by molar-refractivity contribution is 9.10. The third kappa shape index (κ3) is 8.71. The molecule has 0 aliphatic heterocycles. The molecule has 2 aromatic carbocycles. The maximum Gasteiger partial charge on any atom is 0.261 e. The van der Waals surface area contributed by atoms with Gasteiger partial charge in [0.2, 0.25) is 0 Å². The van der Waals surface area contributed by atoms with Crippen molar-refractivity contribution in [2.75, 3.05) is 6.26 Å². The van der Waals surface area contributed by atoms with Gasteiger partial charge in [-0.3, -0.25) is 4.55 Å². The Kier molecular flexibility index (Phi) is 7.70. The van der Waals surface area contributed by atoms with E-state index in [1.165, 1.54) is 0 Å². The lowest BCUT2D eigenvalue weighted by Crippen LogP contribution is -2.00. The minimum atomic E-state index is -3.67. The third-order valence-electron chi connectivity index (χ3n) is 2.66. The maximum absolute atomic E-state index is 9.73. The SMILES string of the molecule is CC(O)c1cc(Br)ccc1OCc1ccccc1.CS(=O)(=O)O. The molecule has 2 rings (SSSR count). The summed E-state index contributed by atoms with van der Waals surface area (Å²) in [6.45, 7) is 2.24. The van der Waals surface area contributed by atoms with Crippen LogP contribution in [0.4, 0.5) is 0 Å². The fraction of sp³-hybridized carbons (Fsp3) is 0.250. The molecule has 0 radical (unpaired) electrons. The van der Waals surface area contributed by atoms with Gasteiger partial charge in [0.1, 0.15) is 12.4 Å². The van der Waals surface area contributed by atoms with Crippen LogP contribution in [0.2, 0.25) is 0 Å². The van der Waals surface area contributed by atoms with Gasteiger partial charge in [-0.05, 0) is 30.7 Å². The molecule has 0 saturated carbocycles. The van der Waals surface area contributed by atoms with E-state index in [0.29, 0.717) is 12.9 Å². The molecule has 1 unspecified atom stereocenters. The van der Waals surface area contributed by atoms with E-state index in [2.05, 4.69) is 15.9 Å². The number of hydrogen-bond donors (Lipinski definition) is 2. The van der Waals surface area contributed by atoms with Crippen molar-refractivity contribution in [3.05, 3.63) is 64.1 Å². The first-order valence-electron chi connectivity index (χ1n) is 6.73. The van der Waals surface area contributed by atoms with Crippen molar-refractivity contribution in [1.82, 2.24) is 0 Å². The Balaban J connectivity index is 0.000000463. The number of rotatable bonds is 4. The van der Waals surface area contributed by atoms with Gasteiger partial charge in [-0.2, -0.15) is 8.42 Å². The van der Waals surface area contributed by atoms with Crippen molar-refractivity contribution in [2.45, 2.75) is 19.6 Å². The number of aliphatic hydroxyl groups is 1. The fourth-order valence-electron chi connectivity index (χ4n) is 1.71. The summed E-state index contributed by atoms with van der Waals surface area (Å²) in [6, 6.07) is 15.6. The van der Waals surface area contributed by atoms with Crippen LogP contribution in [0.3, 0.4) is 0 Å². The van der Waals surface area contributed by atoms with E-state index in [1.807, 2.05) is 48.5 Å². The molecule has 2 N–H and O–H groups in total. The summed E-state index contributed by atoms with van der Waals surface area (Å²) >= 11 is 3.39. The Morgan fingerprint density at radius 1 is 1.17 bits per heavy atom. The molecule has 7 heteroatoms. The monoisotopic (exact) mass is 402 g/mol. The number of ether oxygens (including phenoxy) is 1. The van der Waals surface area contributed by atoms with Crippen molar-refractivity contribution < 1.29 is 22.8 Å². The molecule has 0 aliphatic carbocycles. The number of aliphatic hydroxyl groups excluding tert-OH is 1. The first-order valence-corrected chi connectivity index (χ1v) is 9.37. The van der Waals surface area contributed by atoms with Crippen molar-refractivity contribution >= 4 is 26.0 Å². The predicted molar refractivity (Wildman–Crippen MR) is 93.0 cm³/mol. The van der Waals surface area contributed by atoms with Gasteiger partial charge in [0, 0.05) is 10.0 Å². The van der Waals surface area contributed by atoms with Crippen LogP contribution in [0.25, 0.3) is 0 Å². The normalized spacial score (nSPS) is 12.0. The summed E-state index contributed by atoms with van der Waals surface area (Å²) in [4.78, 5) is 0. The molecule has 0 bridgehead atoms. The minimum Gasteiger partial charge on any atom is -0.489 e. The third-order valence-corrected chi connectivity index (χ3v) is 3.15. The van der Waals surface area contributed by atoms with Crippen molar-refractivity contribution in [3.63, 3.8) is 0 Å².